The van der Waals surface area contributed by atoms with Crippen LogP contribution in [0, 0.1) is 0 Å². The van der Waals surface area contributed by atoms with Gasteiger partial charge in [0.15, 0.2) is 17.5 Å². The van der Waals surface area contributed by atoms with E-state index in [0.717, 1.165) is 34.3 Å². The standard InChI is InChI=1S/C22H26N4O2S/c1-4-23-22(24-13-16-10-11-19(27-2)20(12-16)28-3)25-14-21-26-18(15-29-21)17-8-6-5-7-9-17/h5-12,15H,4,13-14H2,1-3H3,(H2,23,24,25). The number of thiazole rings is 1. The van der Waals surface area contributed by atoms with Gasteiger partial charge in [-0.05, 0) is 24.6 Å². The van der Waals surface area contributed by atoms with Crippen LogP contribution < -0.4 is 20.1 Å². The minimum atomic E-state index is 0.531. The van der Waals surface area contributed by atoms with E-state index in [1.165, 1.54) is 0 Å². The molecule has 1 aromatic heterocycles. The highest BCUT2D eigenvalue weighted by Crippen LogP contribution is 2.27. The lowest BCUT2D eigenvalue weighted by atomic mass is 10.2. The number of benzene rings is 2. The first-order chi connectivity index (χ1) is 14.2. The Labute approximate surface area is 175 Å². The zero-order chi connectivity index (χ0) is 20.5. The van der Waals surface area contributed by atoms with E-state index in [9.17, 15) is 0 Å². The molecular weight excluding hydrogens is 384 g/mol. The molecule has 0 aliphatic carbocycles. The summed E-state index contributed by atoms with van der Waals surface area (Å²) in [7, 11) is 3.26. The summed E-state index contributed by atoms with van der Waals surface area (Å²) in [5.41, 5.74) is 3.17. The molecule has 3 rings (SSSR count). The Hall–Kier alpha value is -3.06. The number of nitrogens with zero attached hydrogens (tertiary/aromatic N) is 2. The molecule has 0 saturated heterocycles. The van der Waals surface area contributed by atoms with E-state index in [0.29, 0.717) is 24.6 Å². The van der Waals surface area contributed by atoms with Gasteiger partial charge in [-0.2, -0.15) is 0 Å². The van der Waals surface area contributed by atoms with Gasteiger partial charge in [-0.15, -0.1) is 11.3 Å². The van der Waals surface area contributed by atoms with E-state index in [4.69, 9.17) is 14.5 Å². The Morgan fingerprint density at radius 2 is 1.83 bits per heavy atom. The molecule has 0 atom stereocenters. The molecule has 0 unspecified atom stereocenters. The third kappa shape index (κ3) is 5.71. The van der Waals surface area contributed by atoms with Crippen LogP contribution >= 0.6 is 11.3 Å². The Kier molecular flexibility index (Phi) is 7.47. The van der Waals surface area contributed by atoms with Gasteiger partial charge in [-0.3, -0.25) is 0 Å². The zero-order valence-corrected chi connectivity index (χ0v) is 17.8. The van der Waals surface area contributed by atoms with Crippen molar-refractivity contribution in [2.24, 2.45) is 4.99 Å². The van der Waals surface area contributed by atoms with E-state index < -0.39 is 0 Å². The van der Waals surface area contributed by atoms with Crippen molar-refractivity contribution in [3.63, 3.8) is 0 Å². The fourth-order valence-corrected chi connectivity index (χ4v) is 3.53. The van der Waals surface area contributed by atoms with E-state index in [2.05, 4.69) is 33.1 Å². The molecule has 0 spiro atoms. The number of hydrogen-bond donors (Lipinski definition) is 2. The maximum atomic E-state index is 5.36. The summed E-state index contributed by atoms with van der Waals surface area (Å²) in [6.07, 6.45) is 0. The van der Waals surface area contributed by atoms with Gasteiger partial charge in [0.2, 0.25) is 0 Å². The highest BCUT2D eigenvalue weighted by Gasteiger charge is 2.07. The quantitative estimate of drug-likeness (QED) is 0.433. The summed E-state index contributed by atoms with van der Waals surface area (Å²) in [5.74, 6) is 2.16. The van der Waals surface area contributed by atoms with Gasteiger partial charge in [0.1, 0.15) is 5.01 Å². The number of nitrogens with one attached hydrogen (secondary N) is 2. The third-order valence-corrected chi connectivity index (χ3v) is 5.09. The van der Waals surface area contributed by atoms with Crippen LogP contribution in [0.15, 0.2) is 58.9 Å². The SMILES string of the molecule is CCNC(=NCc1ccc(OC)c(OC)c1)NCc1nc(-c2ccccc2)cs1. The average Bonchev–Trinajstić information content (AvgIpc) is 3.25. The molecule has 152 valence electrons. The second-order valence-electron chi connectivity index (χ2n) is 6.23. The molecule has 3 aromatic rings. The van der Waals surface area contributed by atoms with Crippen molar-refractivity contribution < 1.29 is 9.47 Å². The van der Waals surface area contributed by atoms with Crippen molar-refractivity contribution in [3.05, 3.63) is 64.5 Å². The maximum Gasteiger partial charge on any atom is 0.191 e. The molecule has 0 saturated carbocycles. The van der Waals surface area contributed by atoms with Crippen LogP contribution in [0.2, 0.25) is 0 Å². The van der Waals surface area contributed by atoms with Crippen LogP contribution in [-0.4, -0.2) is 31.7 Å². The number of rotatable bonds is 8. The van der Waals surface area contributed by atoms with Gasteiger partial charge in [0, 0.05) is 17.5 Å². The fourth-order valence-electron chi connectivity index (χ4n) is 2.78. The van der Waals surface area contributed by atoms with E-state index in [1.807, 2.05) is 43.3 Å². The van der Waals surface area contributed by atoms with Gasteiger partial charge in [-0.1, -0.05) is 36.4 Å². The molecule has 0 radical (unpaired) electrons. The lowest BCUT2D eigenvalue weighted by Gasteiger charge is -2.11. The van der Waals surface area contributed by atoms with Crippen molar-refractivity contribution in [1.29, 1.82) is 0 Å². The number of aromatic nitrogens is 1. The molecule has 2 N–H and O–H groups in total. The van der Waals surface area contributed by atoms with E-state index >= 15 is 0 Å². The summed E-state index contributed by atoms with van der Waals surface area (Å²) in [6.45, 7) is 3.98. The van der Waals surface area contributed by atoms with Crippen molar-refractivity contribution in [2.75, 3.05) is 20.8 Å². The van der Waals surface area contributed by atoms with Gasteiger partial charge < -0.3 is 20.1 Å². The minimum Gasteiger partial charge on any atom is -0.493 e. The van der Waals surface area contributed by atoms with Crippen LogP contribution in [-0.2, 0) is 13.1 Å². The summed E-state index contributed by atoms with van der Waals surface area (Å²) in [5, 5.41) is 9.72. The maximum absolute atomic E-state index is 5.36. The molecule has 0 fully saturated rings. The first kappa shape index (κ1) is 20.7. The molecule has 0 amide bonds. The number of hydrogen-bond acceptors (Lipinski definition) is 5. The molecule has 0 aliphatic rings. The van der Waals surface area contributed by atoms with Gasteiger partial charge >= 0.3 is 0 Å². The molecule has 1 heterocycles. The minimum absolute atomic E-state index is 0.531. The molecule has 29 heavy (non-hydrogen) atoms. The Morgan fingerprint density at radius 3 is 2.55 bits per heavy atom. The number of ether oxygens (including phenoxy) is 2. The fraction of sp³-hybridized carbons (Fsp3) is 0.273. The summed E-state index contributed by atoms with van der Waals surface area (Å²) < 4.78 is 10.6. The zero-order valence-electron chi connectivity index (χ0n) is 16.9. The number of aliphatic imine (C=N–C) groups is 1. The van der Waals surface area contributed by atoms with Crippen LogP contribution in [0.4, 0.5) is 0 Å². The second kappa shape index (κ2) is 10.5. The van der Waals surface area contributed by atoms with E-state index in [1.54, 1.807) is 25.6 Å². The lowest BCUT2D eigenvalue weighted by Crippen LogP contribution is -2.36. The molecule has 0 aliphatic heterocycles. The van der Waals surface area contributed by atoms with Crippen molar-refractivity contribution in [1.82, 2.24) is 15.6 Å². The summed E-state index contributed by atoms with van der Waals surface area (Å²) in [4.78, 5) is 9.39. The van der Waals surface area contributed by atoms with Crippen LogP contribution in [0.5, 0.6) is 11.5 Å². The second-order valence-corrected chi connectivity index (χ2v) is 7.17. The Morgan fingerprint density at radius 1 is 1.03 bits per heavy atom. The van der Waals surface area contributed by atoms with E-state index in [-0.39, 0.29) is 0 Å². The molecule has 7 heteroatoms. The van der Waals surface area contributed by atoms with Crippen molar-refractivity contribution in [3.8, 4) is 22.8 Å². The topological polar surface area (TPSA) is 67.8 Å². The Bertz CT molecular complexity index is 941. The van der Waals surface area contributed by atoms with Gasteiger partial charge in [0.05, 0.1) is 33.0 Å². The van der Waals surface area contributed by atoms with Crippen molar-refractivity contribution >= 4 is 17.3 Å². The monoisotopic (exact) mass is 410 g/mol. The molecule has 0 bridgehead atoms. The highest BCUT2D eigenvalue weighted by molar-refractivity contribution is 7.09. The first-order valence-electron chi connectivity index (χ1n) is 9.46. The summed E-state index contributed by atoms with van der Waals surface area (Å²) >= 11 is 1.64. The summed E-state index contributed by atoms with van der Waals surface area (Å²) in [6, 6.07) is 16.0. The number of methoxy groups -OCH3 is 2. The molecular formula is C22H26N4O2S. The van der Waals surface area contributed by atoms with Crippen molar-refractivity contribution in [2.45, 2.75) is 20.0 Å². The third-order valence-electron chi connectivity index (χ3n) is 4.24. The largest absolute Gasteiger partial charge is 0.493 e. The normalized spacial score (nSPS) is 11.2. The van der Waals surface area contributed by atoms with Crippen LogP contribution in [0.1, 0.15) is 17.5 Å². The molecule has 2 aromatic carbocycles. The highest BCUT2D eigenvalue weighted by atomic mass is 32.1. The molecule has 6 nitrogen and oxygen atoms in total. The first-order valence-corrected chi connectivity index (χ1v) is 10.3. The van der Waals surface area contributed by atoms with Gasteiger partial charge in [-0.25, -0.2) is 9.98 Å². The van der Waals surface area contributed by atoms with Crippen LogP contribution in [0.25, 0.3) is 11.3 Å². The van der Waals surface area contributed by atoms with Crippen LogP contribution in [0.3, 0.4) is 0 Å². The Balaban J connectivity index is 1.63. The predicted molar refractivity (Wildman–Crippen MR) is 119 cm³/mol. The smallest absolute Gasteiger partial charge is 0.191 e. The number of guanidine groups is 1. The lowest BCUT2D eigenvalue weighted by molar-refractivity contribution is 0.354. The average molecular weight is 411 g/mol. The predicted octanol–water partition coefficient (Wildman–Crippen LogP) is 4.08. The van der Waals surface area contributed by atoms with Gasteiger partial charge in [0.25, 0.3) is 0 Å².